The Morgan fingerprint density at radius 1 is 1.15 bits per heavy atom. The van der Waals surface area contributed by atoms with E-state index in [4.69, 9.17) is 5.41 Å². The Balaban J connectivity index is 2.50. The molecule has 0 atom stereocenters. The molecule has 1 heterocycles. The number of methoxy groups -OCH3 is 1. The molecule has 1 aliphatic heterocycles. The smallest absolute Gasteiger partial charge is 0.433 e. The minimum atomic E-state index is -5.10. The van der Waals surface area contributed by atoms with E-state index in [1.807, 2.05) is 0 Å². The van der Waals surface area contributed by atoms with Gasteiger partial charge in [-0.1, -0.05) is 0 Å². The topological polar surface area (TPSA) is 65.4 Å². The summed E-state index contributed by atoms with van der Waals surface area (Å²) in [5.74, 6) is -1.73. The quantitative estimate of drug-likeness (QED) is 0.366. The largest absolute Gasteiger partial charge is 0.465 e. The van der Waals surface area contributed by atoms with Crippen LogP contribution in [0.5, 0.6) is 0 Å². The van der Waals surface area contributed by atoms with Gasteiger partial charge in [0.05, 0.1) is 12.7 Å². The first kappa shape index (κ1) is 19.6. The summed E-state index contributed by atoms with van der Waals surface area (Å²) in [6.07, 6.45) is -9.66. The van der Waals surface area contributed by atoms with E-state index in [2.05, 4.69) is 10.1 Å². The van der Waals surface area contributed by atoms with Gasteiger partial charge >= 0.3 is 18.3 Å². The van der Waals surface area contributed by atoms with E-state index in [0.717, 1.165) is 31.4 Å². The van der Waals surface area contributed by atoms with Gasteiger partial charge in [0.1, 0.15) is 11.4 Å². The molecular weight excluding hydrogens is 368 g/mol. The number of halogens is 6. The molecule has 1 aliphatic rings. The van der Waals surface area contributed by atoms with Gasteiger partial charge in [0.2, 0.25) is 0 Å². The number of nitrogens with zero attached hydrogens (tertiary/aromatic N) is 1. The minimum absolute atomic E-state index is 0.0896. The summed E-state index contributed by atoms with van der Waals surface area (Å²) in [5, 5.41) is 9.83. The second-order valence-electron chi connectivity index (χ2n) is 5.21. The molecular formula is C15H13F6N3O2. The fourth-order valence-electron chi connectivity index (χ4n) is 2.37. The Morgan fingerprint density at radius 2 is 1.73 bits per heavy atom. The average Bonchev–Trinajstić information content (AvgIpc) is 3.02. The van der Waals surface area contributed by atoms with Crippen LogP contribution in [0.15, 0.2) is 35.7 Å². The molecule has 1 saturated heterocycles. The third-order valence-corrected chi connectivity index (χ3v) is 3.56. The number of ether oxygens (including phenoxy) is 1. The predicted molar refractivity (Wildman–Crippen MR) is 79.6 cm³/mol. The van der Waals surface area contributed by atoms with Gasteiger partial charge in [0.25, 0.3) is 0 Å². The summed E-state index contributed by atoms with van der Waals surface area (Å²) >= 11 is 0. The first-order valence-electron chi connectivity index (χ1n) is 7.14. The molecule has 0 radical (unpaired) electrons. The van der Waals surface area contributed by atoms with E-state index < -0.39 is 35.2 Å². The van der Waals surface area contributed by atoms with Crippen molar-refractivity contribution in [2.24, 2.45) is 0 Å². The normalized spacial score (nSPS) is 17.0. The predicted octanol–water partition coefficient (Wildman–Crippen LogP) is 3.08. The lowest BCUT2D eigenvalue weighted by Crippen LogP contribution is -2.34. The van der Waals surface area contributed by atoms with Crippen molar-refractivity contribution in [2.75, 3.05) is 25.1 Å². The van der Waals surface area contributed by atoms with Crippen molar-refractivity contribution in [3.63, 3.8) is 0 Å². The van der Waals surface area contributed by atoms with Gasteiger partial charge in [-0.05, 0) is 24.3 Å². The summed E-state index contributed by atoms with van der Waals surface area (Å²) < 4.78 is 81.0. The van der Waals surface area contributed by atoms with Crippen LogP contribution in [0.2, 0.25) is 0 Å². The van der Waals surface area contributed by atoms with Gasteiger partial charge < -0.3 is 15.0 Å². The highest BCUT2D eigenvalue weighted by molar-refractivity contribution is 6.21. The van der Waals surface area contributed by atoms with Crippen molar-refractivity contribution in [3.05, 3.63) is 41.2 Å². The maximum Gasteiger partial charge on any atom is 0.433 e. The number of hydrogen-bond donors (Lipinski definition) is 2. The monoisotopic (exact) mass is 381 g/mol. The SMILES string of the molecule is COC(=O)/C(C(=N)C(F)(F)F)=C1/NCCN1c1ccc(C(F)(F)F)cc1. The molecule has 0 unspecified atom stereocenters. The molecule has 1 fully saturated rings. The van der Waals surface area contributed by atoms with Crippen LogP contribution in [-0.2, 0) is 15.7 Å². The molecule has 2 rings (SSSR count). The lowest BCUT2D eigenvalue weighted by atomic mass is 10.1. The second kappa shape index (κ2) is 6.89. The molecule has 142 valence electrons. The first-order chi connectivity index (χ1) is 12.0. The van der Waals surface area contributed by atoms with Gasteiger partial charge in [-0.25, -0.2) is 4.79 Å². The number of hydrogen-bond acceptors (Lipinski definition) is 5. The van der Waals surface area contributed by atoms with Gasteiger partial charge in [-0.2, -0.15) is 26.3 Å². The zero-order chi connectivity index (χ0) is 19.7. The van der Waals surface area contributed by atoms with Crippen LogP contribution in [0, 0.1) is 5.41 Å². The fourth-order valence-corrected chi connectivity index (χ4v) is 2.37. The molecule has 1 aromatic rings. The Morgan fingerprint density at radius 3 is 2.19 bits per heavy atom. The number of alkyl halides is 6. The first-order valence-corrected chi connectivity index (χ1v) is 7.14. The van der Waals surface area contributed by atoms with Crippen LogP contribution >= 0.6 is 0 Å². The number of carbonyl (C=O) groups excluding carboxylic acids is 1. The number of rotatable bonds is 3. The van der Waals surface area contributed by atoms with Crippen LogP contribution < -0.4 is 10.2 Å². The molecule has 2 N–H and O–H groups in total. The summed E-state index contributed by atoms with van der Waals surface area (Å²) in [6.45, 7) is 0.217. The molecule has 0 bridgehead atoms. The van der Waals surface area contributed by atoms with E-state index in [-0.39, 0.29) is 24.6 Å². The van der Waals surface area contributed by atoms with Gasteiger partial charge in [0.15, 0.2) is 5.71 Å². The molecule has 0 aliphatic carbocycles. The van der Waals surface area contributed by atoms with Crippen LogP contribution in [0.3, 0.4) is 0 Å². The highest BCUT2D eigenvalue weighted by Gasteiger charge is 2.43. The van der Waals surface area contributed by atoms with E-state index in [9.17, 15) is 31.1 Å². The zero-order valence-corrected chi connectivity index (χ0v) is 13.3. The molecule has 5 nitrogen and oxygen atoms in total. The Bertz CT molecular complexity index is 737. The Hall–Kier alpha value is -2.72. The summed E-state index contributed by atoms with van der Waals surface area (Å²) in [7, 11) is 0.865. The third kappa shape index (κ3) is 3.92. The van der Waals surface area contributed by atoms with Crippen molar-refractivity contribution in [1.29, 1.82) is 5.41 Å². The summed E-state index contributed by atoms with van der Waals surface area (Å²) in [6, 6.07) is 3.69. The molecule has 26 heavy (non-hydrogen) atoms. The number of carbonyl (C=O) groups is 1. The lowest BCUT2D eigenvalue weighted by Gasteiger charge is -2.23. The van der Waals surface area contributed by atoms with E-state index >= 15 is 0 Å². The minimum Gasteiger partial charge on any atom is -0.465 e. The number of esters is 1. The third-order valence-electron chi connectivity index (χ3n) is 3.56. The summed E-state index contributed by atoms with van der Waals surface area (Å²) in [4.78, 5) is 13.0. The van der Waals surface area contributed by atoms with Gasteiger partial charge in [-0.15, -0.1) is 0 Å². The Kier molecular flexibility index (Phi) is 5.19. The van der Waals surface area contributed by atoms with E-state index in [0.29, 0.717) is 0 Å². The van der Waals surface area contributed by atoms with Gasteiger partial charge in [0, 0.05) is 18.8 Å². The average molecular weight is 381 g/mol. The van der Waals surface area contributed by atoms with Crippen LogP contribution in [0.1, 0.15) is 5.56 Å². The second-order valence-corrected chi connectivity index (χ2v) is 5.21. The van der Waals surface area contributed by atoms with E-state index in [1.54, 1.807) is 0 Å². The highest BCUT2D eigenvalue weighted by atomic mass is 19.4. The maximum atomic E-state index is 12.9. The van der Waals surface area contributed by atoms with Gasteiger partial charge in [-0.3, -0.25) is 5.41 Å². The highest BCUT2D eigenvalue weighted by Crippen LogP contribution is 2.32. The molecule has 0 spiro atoms. The van der Waals surface area contributed by atoms with Crippen molar-refractivity contribution >= 4 is 17.4 Å². The molecule has 0 aromatic heterocycles. The van der Waals surface area contributed by atoms with E-state index in [1.165, 1.54) is 4.90 Å². The number of benzene rings is 1. The standard InChI is InChI=1S/C15H13F6N3O2/c1-26-13(25)10(11(22)15(19,20)21)12-23-6-7-24(12)9-4-2-8(3-5-9)14(16,17)18/h2-5,22-23H,6-7H2,1H3/b12-10-,22-11?. The molecule has 0 amide bonds. The zero-order valence-electron chi connectivity index (χ0n) is 13.3. The molecule has 1 aromatic carbocycles. The number of anilines is 1. The van der Waals surface area contributed by atoms with Crippen molar-refractivity contribution < 1.29 is 35.9 Å². The molecule has 11 heteroatoms. The van der Waals surface area contributed by atoms with Crippen LogP contribution in [0.4, 0.5) is 32.0 Å². The van der Waals surface area contributed by atoms with Crippen molar-refractivity contribution in [3.8, 4) is 0 Å². The lowest BCUT2D eigenvalue weighted by molar-refractivity contribution is -0.137. The van der Waals surface area contributed by atoms with Crippen molar-refractivity contribution in [2.45, 2.75) is 12.4 Å². The maximum absolute atomic E-state index is 12.9. The Labute approximate surface area is 143 Å². The van der Waals surface area contributed by atoms with Crippen LogP contribution in [0.25, 0.3) is 0 Å². The summed E-state index contributed by atoms with van der Waals surface area (Å²) in [5.41, 5.74) is -3.74. The number of nitrogens with one attached hydrogen (secondary N) is 2. The fraction of sp³-hybridized carbons (Fsp3) is 0.333. The van der Waals surface area contributed by atoms with Crippen LogP contribution in [-0.4, -0.2) is 38.1 Å². The molecule has 0 saturated carbocycles. The van der Waals surface area contributed by atoms with Crippen molar-refractivity contribution in [1.82, 2.24) is 5.32 Å².